The summed E-state index contributed by atoms with van der Waals surface area (Å²) < 4.78 is 3.64. The third-order valence-electron chi connectivity index (χ3n) is 2.81. The lowest BCUT2D eigenvalue weighted by molar-refractivity contribution is 0.628. The molecule has 2 aromatic rings. The van der Waals surface area contributed by atoms with E-state index in [9.17, 15) is 0 Å². The molecule has 6 heteroatoms. The van der Waals surface area contributed by atoms with E-state index in [0.717, 1.165) is 24.5 Å². The van der Waals surface area contributed by atoms with Gasteiger partial charge in [-0.1, -0.05) is 0 Å². The quantitative estimate of drug-likeness (QED) is 0.806. The Hall–Kier alpha value is -1.69. The van der Waals surface area contributed by atoms with Gasteiger partial charge in [0.25, 0.3) is 0 Å². The number of rotatable bonds is 5. The normalized spacial score (nSPS) is 15.4. The molecule has 0 aromatic carbocycles. The Morgan fingerprint density at radius 2 is 2.35 bits per heavy atom. The molecule has 17 heavy (non-hydrogen) atoms. The van der Waals surface area contributed by atoms with Crippen LogP contribution in [-0.4, -0.2) is 30.6 Å². The van der Waals surface area contributed by atoms with Gasteiger partial charge < -0.3 is 5.32 Å². The van der Waals surface area contributed by atoms with Crippen molar-refractivity contribution < 1.29 is 0 Å². The van der Waals surface area contributed by atoms with Crippen molar-refractivity contribution in [3.63, 3.8) is 0 Å². The van der Waals surface area contributed by atoms with Gasteiger partial charge in [-0.25, -0.2) is 9.67 Å². The molecule has 0 unspecified atom stereocenters. The fourth-order valence-corrected chi connectivity index (χ4v) is 1.75. The highest BCUT2D eigenvalue weighted by atomic mass is 15.3. The van der Waals surface area contributed by atoms with Crippen LogP contribution in [0.15, 0.2) is 18.7 Å². The second-order valence-corrected chi connectivity index (χ2v) is 4.54. The summed E-state index contributed by atoms with van der Waals surface area (Å²) in [4.78, 5) is 4.28. The van der Waals surface area contributed by atoms with Crippen LogP contribution in [0.25, 0.3) is 0 Å². The maximum atomic E-state index is 4.42. The maximum Gasteiger partial charge on any atom is 0.164 e. The van der Waals surface area contributed by atoms with Crippen molar-refractivity contribution >= 4 is 0 Å². The van der Waals surface area contributed by atoms with Gasteiger partial charge in [0, 0.05) is 24.8 Å². The number of nitrogens with one attached hydrogen (secondary N) is 1. The van der Waals surface area contributed by atoms with Crippen LogP contribution in [0.4, 0.5) is 0 Å². The fraction of sp³-hybridized carbons (Fsp3) is 0.545. The van der Waals surface area contributed by atoms with Crippen LogP contribution < -0.4 is 5.32 Å². The van der Waals surface area contributed by atoms with Gasteiger partial charge in [0.15, 0.2) is 5.82 Å². The van der Waals surface area contributed by atoms with Gasteiger partial charge in [-0.2, -0.15) is 10.2 Å². The molecule has 90 valence electrons. The number of hydrogen-bond acceptors (Lipinski definition) is 4. The Kier molecular flexibility index (Phi) is 2.64. The first-order valence-electron chi connectivity index (χ1n) is 5.89. The Balaban J connectivity index is 1.59. The Morgan fingerprint density at radius 3 is 3.06 bits per heavy atom. The molecule has 3 rings (SSSR count). The first-order valence-corrected chi connectivity index (χ1v) is 5.89. The summed E-state index contributed by atoms with van der Waals surface area (Å²) in [6.07, 6.45) is 8.19. The highest BCUT2D eigenvalue weighted by Gasteiger charge is 2.20. The van der Waals surface area contributed by atoms with E-state index in [4.69, 9.17) is 0 Å². The number of aromatic nitrogens is 5. The minimum absolute atomic E-state index is 0.695. The molecule has 1 N–H and O–H groups in total. The first kappa shape index (κ1) is 10.5. The summed E-state index contributed by atoms with van der Waals surface area (Å²) in [5.74, 6) is 0.862. The van der Waals surface area contributed by atoms with Gasteiger partial charge in [0.1, 0.15) is 6.33 Å². The van der Waals surface area contributed by atoms with E-state index in [0.29, 0.717) is 6.04 Å². The Morgan fingerprint density at radius 1 is 1.47 bits per heavy atom. The number of nitrogens with zero attached hydrogens (tertiary/aromatic N) is 5. The minimum Gasteiger partial charge on any atom is -0.307 e. The lowest BCUT2D eigenvalue weighted by Gasteiger charge is -1.98. The Labute approximate surface area is 99.7 Å². The molecule has 0 aliphatic heterocycles. The molecule has 1 aliphatic rings. The summed E-state index contributed by atoms with van der Waals surface area (Å²) in [6.45, 7) is 1.50. The lowest BCUT2D eigenvalue weighted by atomic mass is 10.4. The largest absolute Gasteiger partial charge is 0.307 e. The molecule has 6 nitrogen and oxygen atoms in total. The highest BCUT2D eigenvalue weighted by Crippen LogP contribution is 2.18. The van der Waals surface area contributed by atoms with E-state index < -0.39 is 0 Å². The summed E-state index contributed by atoms with van der Waals surface area (Å²) in [5, 5.41) is 12.0. The van der Waals surface area contributed by atoms with Crippen molar-refractivity contribution in [2.24, 2.45) is 7.05 Å². The summed E-state index contributed by atoms with van der Waals surface area (Å²) in [5.41, 5.74) is 1.14. The van der Waals surface area contributed by atoms with Gasteiger partial charge in [-0.15, -0.1) is 0 Å². The molecule has 0 bridgehead atoms. The molecule has 0 spiro atoms. The fourth-order valence-electron chi connectivity index (χ4n) is 1.75. The van der Waals surface area contributed by atoms with Gasteiger partial charge in [0.05, 0.1) is 19.3 Å². The van der Waals surface area contributed by atoms with Crippen molar-refractivity contribution in [3.05, 3.63) is 30.1 Å². The van der Waals surface area contributed by atoms with Crippen LogP contribution in [0.1, 0.15) is 24.2 Å². The zero-order valence-corrected chi connectivity index (χ0v) is 9.87. The van der Waals surface area contributed by atoms with Crippen LogP contribution in [-0.2, 0) is 20.1 Å². The summed E-state index contributed by atoms with van der Waals surface area (Å²) >= 11 is 0. The predicted octanol–water partition coefficient (Wildman–Crippen LogP) is 0.312. The average molecular weight is 232 g/mol. The first-order chi connectivity index (χ1) is 8.29. The van der Waals surface area contributed by atoms with Crippen molar-refractivity contribution in [2.75, 3.05) is 0 Å². The lowest BCUT2D eigenvalue weighted by Crippen LogP contribution is -2.16. The maximum absolute atomic E-state index is 4.42. The average Bonchev–Trinajstić information content (AvgIpc) is 2.90. The molecule has 0 radical (unpaired) electrons. The van der Waals surface area contributed by atoms with Crippen molar-refractivity contribution in [1.29, 1.82) is 0 Å². The molecular formula is C11H16N6. The summed E-state index contributed by atoms with van der Waals surface area (Å²) in [6, 6.07) is 0.695. The van der Waals surface area contributed by atoms with Crippen LogP contribution in [0.5, 0.6) is 0 Å². The molecule has 2 aromatic heterocycles. The molecule has 0 saturated heterocycles. The molecule has 0 amide bonds. The van der Waals surface area contributed by atoms with E-state index >= 15 is 0 Å². The number of hydrogen-bond donors (Lipinski definition) is 1. The second-order valence-electron chi connectivity index (χ2n) is 4.54. The highest BCUT2D eigenvalue weighted by molar-refractivity contribution is 5.03. The van der Waals surface area contributed by atoms with Crippen LogP contribution in [0.3, 0.4) is 0 Å². The topological polar surface area (TPSA) is 60.6 Å². The van der Waals surface area contributed by atoms with E-state index in [1.54, 1.807) is 11.0 Å². The third-order valence-corrected chi connectivity index (χ3v) is 2.81. The third kappa shape index (κ3) is 2.71. The van der Waals surface area contributed by atoms with Crippen LogP contribution >= 0.6 is 0 Å². The zero-order chi connectivity index (χ0) is 11.7. The van der Waals surface area contributed by atoms with Crippen molar-refractivity contribution in [3.8, 4) is 0 Å². The SMILES string of the molecule is Cn1cc(Cn2cnc(CNC3CC3)n2)cn1. The molecule has 1 saturated carbocycles. The molecule has 1 aliphatic carbocycles. The molecule has 0 atom stereocenters. The predicted molar refractivity (Wildman–Crippen MR) is 62.2 cm³/mol. The standard InChI is InChI=1S/C11H16N6/c1-16-6-9(4-14-16)7-17-8-13-11(15-17)5-12-10-2-3-10/h4,6,8,10,12H,2-3,5,7H2,1H3. The van der Waals surface area contributed by atoms with E-state index in [-0.39, 0.29) is 0 Å². The molecule has 2 heterocycles. The van der Waals surface area contributed by atoms with Crippen LogP contribution in [0.2, 0.25) is 0 Å². The molecular weight excluding hydrogens is 216 g/mol. The van der Waals surface area contributed by atoms with Crippen molar-refractivity contribution in [2.45, 2.75) is 32.0 Å². The van der Waals surface area contributed by atoms with Gasteiger partial charge in [0.2, 0.25) is 0 Å². The van der Waals surface area contributed by atoms with E-state index in [1.807, 2.05) is 24.1 Å². The minimum atomic E-state index is 0.695. The van der Waals surface area contributed by atoms with Gasteiger partial charge in [-0.3, -0.25) is 4.68 Å². The van der Waals surface area contributed by atoms with E-state index in [1.165, 1.54) is 12.8 Å². The summed E-state index contributed by atoms with van der Waals surface area (Å²) in [7, 11) is 1.91. The molecule has 1 fully saturated rings. The van der Waals surface area contributed by atoms with Gasteiger partial charge >= 0.3 is 0 Å². The van der Waals surface area contributed by atoms with E-state index in [2.05, 4.69) is 20.5 Å². The second kappa shape index (κ2) is 4.29. The monoisotopic (exact) mass is 232 g/mol. The Bertz CT molecular complexity index is 496. The van der Waals surface area contributed by atoms with Gasteiger partial charge in [-0.05, 0) is 12.8 Å². The smallest absolute Gasteiger partial charge is 0.164 e. The van der Waals surface area contributed by atoms with Crippen LogP contribution in [0, 0.1) is 0 Å². The van der Waals surface area contributed by atoms with Crippen molar-refractivity contribution in [1.82, 2.24) is 29.9 Å². The number of aryl methyl sites for hydroxylation is 1. The zero-order valence-electron chi connectivity index (χ0n) is 9.87.